The molecule has 0 bridgehead atoms. The molecule has 0 spiro atoms. The Bertz CT molecular complexity index is 2500. The molecule has 0 saturated heterocycles. The molecule has 0 N–H and O–H groups in total. The highest BCUT2D eigenvalue weighted by Crippen LogP contribution is 2.40. The first kappa shape index (κ1) is 29.1. The van der Waals surface area contributed by atoms with Crippen LogP contribution in [0, 0.1) is 0 Å². The number of thiophene rings is 1. The Morgan fingerprint density at radius 2 is 1.00 bits per heavy atom. The van der Waals surface area contributed by atoms with Crippen LogP contribution in [0.3, 0.4) is 0 Å². The Labute approximate surface area is 289 Å². The van der Waals surface area contributed by atoms with Crippen molar-refractivity contribution < 1.29 is 0 Å². The predicted molar refractivity (Wildman–Crippen MR) is 208 cm³/mol. The minimum absolute atomic E-state index is 0.371. The lowest BCUT2D eigenvalue weighted by atomic mass is 9.96. The van der Waals surface area contributed by atoms with Gasteiger partial charge in [0.25, 0.3) is 0 Å². The number of rotatable bonds is 6. The molecule has 1 aliphatic rings. The van der Waals surface area contributed by atoms with Crippen molar-refractivity contribution in [1.29, 1.82) is 0 Å². The first-order chi connectivity index (χ1) is 24.3. The van der Waals surface area contributed by atoms with Crippen LogP contribution < -0.4 is 0 Å². The van der Waals surface area contributed by atoms with E-state index in [1.54, 1.807) is 0 Å². The van der Waals surface area contributed by atoms with Crippen molar-refractivity contribution in [2.24, 2.45) is 9.98 Å². The molecule has 0 fully saturated rings. The molecule has 3 nitrogen and oxygen atoms in total. The van der Waals surface area contributed by atoms with E-state index in [1.807, 2.05) is 47.7 Å². The summed E-state index contributed by atoms with van der Waals surface area (Å²) < 4.78 is 2.46. The molecule has 0 aliphatic carbocycles. The third kappa shape index (κ3) is 5.62. The maximum Gasteiger partial charge on any atom is 0.0822 e. The molecular weight excluding hydrogens is 615 g/mol. The maximum atomic E-state index is 5.15. The second-order valence-corrected chi connectivity index (χ2v) is 13.3. The van der Waals surface area contributed by atoms with Gasteiger partial charge in [-0.2, -0.15) is 0 Å². The fraction of sp³-hybridized carbons (Fsp3) is 0.0222. The quantitative estimate of drug-likeness (QED) is 0.173. The summed E-state index contributed by atoms with van der Waals surface area (Å²) in [6.45, 7) is 0. The van der Waals surface area contributed by atoms with Gasteiger partial charge in [-0.3, -0.25) is 4.99 Å². The number of aliphatic imine (C=N–C) groups is 2. The van der Waals surface area contributed by atoms with Crippen LogP contribution in [-0.2, 0) is 0 Å². The van der Waals surface area contributed by atoms with Gasteiger partial charge in [0.15, 0.2) is 0 Å². The minimum atomic E-state index is -0.371. The lowest BCUT2D eigenvalue weighted by molar-refractivity contribution is 0.878. The van der Waals surface area contributed by atoms with Crippen LogP contribution in [0.4, 0.5) is 0 Å². The highest BCUT2D eigenvalue weighted by Gasteiger charge is 2.17. The molecule has 7 aromatic carbocycles. The maximum absolute atomic E-state index is 5.15. The smallest absolute Gasteiger partial charge is 0.0822 e. The summed E-state index contributed by atoms with van der Waals surface area (Å²) in [5.74, 6) is 1.41. The molecular formula is C45H30N3S-. The Morgan fingerprint density at radius 3 is 1.73 bits per heavy atom. The molecule has 0 radical (unpaired) electrons. The highest BCUT2D eigenvalue weighted by atomic mass is 32.1. The molecule has 9 rings (SSSR count). The molecule has 0 amide bonds. The number of hydrogen-bond acceptors (Lipinski definition) is 3. The van der Waals surface area contributed by atoms with Crippen LogP contribution >= 0.6 is 11.3 Å². The van der Waals surface area contributed by atoms with Crippen LogP contribution in [0.2, 0.25) is 0 Å². The van der Waals surface area contributed by atoms with E-state index < -0.39 is 0 Å². The fourth-order valence-electron chi connectivity index (χ4n) is 6.61. The van der Waals surface area contributed by atoms with Gasteiger partial charge in [-0.25, -0.2) is 0 Å². The zero-order chi connectivity index (χ0) is 32.6. The summed E-state index contributed by atoms with van der Waals surface area (Å²) >= 11 is 1.81. The topological polar surface area (TPSA) is 38.8 Å². The van der Waals surface area contributed by atoms with Crippen molar-refractivity contribution in [2.45, 2.75) is 6.17 Å². The first-order valence-corrected chi connectivity index (χ1v) is 17.3. The van der Waals surface area contributed by atoms with Gasteiger partial charge in [-0.1, -0.05) is 157 Å². The number of hydrogen-bond donors (Lipinski definition) is 0. The number of fused-ring (bicyclic) bond motifs is 3. The third-order valence-electron chi connectivity index (χ3n) is 9.09. The molecule has 0 saturated carbocycles. The van der Waals surface area contributed by atoms with Gasteiger partial charge in [0.1, 0.15) is 0 Å². The van der Waals surface area contributed by atoms with Gasteiger partial charge in [0, 0.05) is 25.7 Å². The Morgan fingerprint density at radius 1 is 0.449 bits per heavy atom. The van der Waals surface area contributed by atoms with E-state index in [4.69, 9.17) is 15.3 Å². The molecule has 4 heteroatoms. The summed E-state index contributed by atoms with van der Waals surface area (Å²) in [4.78, 5) is 10.2. The van der Waals surface area contributed by atoms with Gasteiger partial charge >= 0.3 is 0 Å². The average molecular weight is 645 g/mol. The normalized spacial score (nSPS) is 14.3. The van der Waals surface area contributed by atoms with Gasteiger partial charge in [0.05, 0.1) is 12.0 Å². The molecule has 49 heavy (non-hydrogen) atoms. The van der Waals surface area contributed by atoms with Crippen molar-refractivity contribution >= 4 is 43.2 Å². The average Bonchev–Trinajstić information content (AvgIpc) is 3.57. The van der Waals surface area contributed by atoms with E-state index in [-0.39, 0.29) is 6.17 Å². The minimum Gasteiger partial charge on any atom is -0.438 e. The molecule has 8 aromatic rings. The number of benzene rings is 7. The van der Waals surface area contributed by atoms with Crippen molar-refractivity contribution in [2.75, 3.05) is 0 Å². The predicted octanol–water partition coefficient (Wildman–Crippen LogP) is 12.3. The van der Waals surface area contributed by atoms with Crippen molar-refractivity contribution in [3.05, 3.63) is 198 Å². The van der Waals surface area contributed by atoms with Crippen LogP contribution in [0.5, 0.6) is 0 Å². The fourth-order valence-corrected chi connectivity index (χ4v) is 7.72. The van der Waals surface area contributed by atoms with Crippen molar-refractivity contribution in [3.8, 4) is 33.4 Å². The van der Waals surface area contributed by atoms with Gasteiger partial charge < -0.3 is 10.3 Å². The summed E-state index contributed by atoms with van der Waals surface area (Å²) in [6.07, 6.45) is -0.371. The second-order valence-electron chi connectivity index (χ2n) is 12.2. The van der Waals surface area contributed by atoms with Gasteiger partial charge in [-0.05, 0) is 68.8 Å². The van der Waals surface area contributed by atoms with E-state index in [2.05, 4.69) is 140 Å². The first-order valence-electron chi connectivity index (χ1n) is 16.5. The molecule has 1 aliphatic heterocycles. The summed E-state index contributed by atoms with van der Waals surface area (Å²) in [5, 5.41) is 7.39. The highest BCUT2D eigenvalue weighted by molar-refractivity contribution is 7.25. The van der Waals surface area contributed by atoms with Crippen molar-refractivity contribution in [3.63, 3.8) is 0 Å². The lowest BCUT2D eigenvalue weighted by Crippen LogP contribution is -2.16. The molecule has 1 aromatic heterocycles. The van der Waals surface area contributed by atoms with E-state index in [0.29, 0.717) is 11.7 Å². The van der Waals surface area contributed by atoms with E-state index >= 15 is 0 Å². The van der Waals surface area contributed by atoms with E-state index in [0.717, 1.165) is 16.7 Å². The molecule has 2 heterocycles. The molecule has 1 atom stereocenters. The van der Waals surface area contributed by atoms with Gasteiger partial charge in [0.2, 0.25) is 0 Å². The largest absolute Gasteiger partial charge is 0.438 e. The van der Waals surface area contributed by atoms with Gasteiger partial charge in [-0.15, -0.1) is 11.3 Å². The molecule has 1 unspecified atom stereocenters. The standard InChI is InChI=1S/C45H30N3S/c1-4-12-30(13-5-1)31-22-24-32(25-23-31)35-18-10-19-36(28-35)37-26-27-40-39(29-37)42-38(20-11-21-41(42)49-40)45-47-43(33-14-6-2-7-15-33)46-44(48-45)34-16-8-3-9-17-34/h1-29,43H/q-1. The second kappa shape index (κ2) is 12.5. The van der Waals surface area contributed by atoms with Crippen LogP contribution in [-0.4, -0.2) is 11.7 Å². The van der Waals surface area contributed by atoms with Crippen molar-refractivity contribution in [1.82, 2.24) is 0 Å². The Hall–Kier alpha value is -6.10. The Balaban J connectivity index is 1.13. The van der Waals surface area contributed by atoms with E-state index in [9.17, 15) is 0 Å². The Kier molecular flexibility index (Phi) is 7.41. The lowest BCUT2D eigenvalue weighted by Gasteiger charge is -2.32. The van der Waals surface area contributed by atoms with Crippen LogP contribution in [0.25, 0.3) is 58.9 Å². The van der Waals surface area contributed by atoms with Crippen LogP contribution in [0.15, 0.2) is 186 Å². The molecule has 232 valence electrons. The monoisotopic (exact) mass is 644 g/mol. The zero-order valence-electron chi connectivity index (χ0n) is 26.6. The summed E-state index contributed by atoms with van der Waals surface area (Å²) in [6, 6.07) is 62.0. The third-order valence-corrected chi connectivity index (χ3v) is 10.2. The zero-order valence-corrected chi connectivity index (χ0v) is 27.4. The summed E-state index contributed by atoms with van der Waals surface area (Å²) in [5.41, 5.74) is 10.3. The van der Waals surface area contributed by atoms with Crippen LogP contribution in [0.1, 0.15) is 22.9 Å². The number of amidine groups is 2. The van der Waals surface area contributed by atoms with E-state index in [1.165, 1.54) is 53.6 Å². The number of nitrogens with zero attached hydrogens (tertiary/aromatic N) is 3. The SMILES string of the molecule is c1ccc(C2=NC(c3cccc4sc5ccc(-c6cccc(-c7ccc(-c8ccccc8)cc7)c6)cc5c34)=NC(c3ccccc3)[N-]2)cc1. The summed E-state index contributed by atoms with van der Waals surface area (Å²) in [7, 11) is 0.